The van der Waals surface area contributed by atoms with Gasteiger partial charge in [0, 0.05) is 0 Å². The zero-order valence-electron chi connectivity index (χ0n) is 9.14. The number of nitrogens with zero attached hydrogens (tertiary/aromatic N) is 3. The number of fused-ring (bicyclic) bond motifs is 4. The van der Waals surface area contributed by atoms with Crippen molar-refractivity contribution >= 4 is 33.2 Å². The minimum atomic E-state index is -0.219. The van der Waals surface area contributed by atoms with E-state index < -0.39 is 0 Å². The van der Waals surface area contributed by atoms with Gasteiger partial charge in [0.2, 0.25) is 0 Å². The van der Waals surface area contributed by atoms with Crippen molar-refractivity contribution < 1.29 is 0 Å². The minimum Gasteiger partial charge on any atom is -0.332 e. The van der Waals surface area contributed by atoms with Crippen molar-refractivity contribution in [2.45, 2.75) is 0 Å². The fourth-order valence-electron chi connectivity index (χ4n) is 2.07. The number of benzene rings is 1. The number of nitrogens with one attached hydrogen (secondary N) is 2. The van der Waals surface area contributed by atoms with Crippen LogP contribution in [0.25, 0.3) is 33.2 Å². The van der Waals surface area contributed by atoms with Gasteiger partial charge in [-0.2, -0.15) is 0 Å². The molecule has 0 unspecified atom stereocenters. The van der Waals surface area contributed by atoms with E-state index in [1.165, 1.54) is 6.33 Å². The Morgan fingerprint density at radius 3 is 2.61 bits per heavy atom. The highest BCUT2D eigenvalue weighted by Crippen LogP contribution is 2.20. The van der Waals surface area contributed by atoms with Gasteiger partial charge < -0.3 is 9.97 Å². The van der Waals surface area contributed by atoms with E-state index in [-0.39, 0.29) is 5.56 Å². The standard InChI is InChI=1S/C12H7N5O/c18-12-10-8(13-5-14-12)9-11(17-10)16-7-4-2-1-3-6(7)15-9/h1-5H,(H,16,17)(H,13,14,18). The van der Waals surface area contributed by atoms with Gasteiger partial charge in [-0.1, -0.05) is 12.1 Å². The summed E-state index contributed by atoms with van der Waals surface area (Å²) in [6.07, 6.45) is 1.37. The molecule has 0 saturated heterocycles. The zero-order valence-corrected chi connectivity index (χ0v) is 9.14. The number of hydrogen-bond donors (Lipinski definition) is 2. The van der Waals surface area contributed by atoms with Crippen molar-refractivity contribution in [2.24, 2.45) is 0 Å². The molecule has 6 nitrogen and oxygen atoms in total. The maximum absolute atomic E-state index is 11.7. The third-order valence-electron chi connectivity index (χ3n) is 2.89. The van der Waals surface area contributed by atoms with Gasteiger partial charge in [-0.25, -0.2) is 15.0 Å². The van der Waals surface area contributed by atoms with Crippen LogP contribution in [0.1, 0.15) is 0 Å². The largest absolute Gasteiger partial charge is 0.332 e. The zero-order chi connectivity index (χ0) is 12.1. The molecule has 1 aromatic carbocycles. The van der Waals surface area contributed by atoms with Crippen molar-refractivity contribution in [1.29, 1.82) is 0 Å². The molecule has 0 saturated carbocycles. The quantitative estimate of drug-likeness (QED) is 0.483. The number of aromatic amines is 2. The van der Waals surface area contributed by atoms with E-state index in [4.69, 9.17) is 0 Å². The number of aromatic nitrogens is 5. The first kappa shape index (κ1) is 9.29. The summed E-state index contributed by atoms with van der Waals surface area (Å²) < 4.78 is 0. The maximum atomic E-state index is 11.7. The van der Waals surface area contributed by atoms with Crippen LogP contribution in [0.5, 0.6) is 0 Å². The Labute approximate surface area is 99.7 Å². The molecule has 0 aliphatic rings. The molecule has 0 atom stereocenters. The summed E-state index contributed by atoms with van der Waals surface area (Å²) in [5.41, 5.74) is 3.50. The Hall–Kier alpha value is -2.76. The van der Waals surface area contributed by atoms with E-state index in [0.717, 1.165) is 11.0 Å². The van der Waals surface area contributed by atoms with E-state index in [1.54, 1.807) is 0 Å². The van der Waals surface area contributed by atoms with Crippen molar-refractivity contribution in [1.82, 2.24) is 24.9 Å². The maximum Gasteiger partial charge on any atom is 0.275 e. The Bertz CT molecular complexity index is 953. The first-order chi connectivity index (χ1) is 8.83. The molecule has 4 aromatic rings. The van der Waals surface area contributed by atoms with Crippen molar-refractivity contribution in [2.75, 3.05) is 0 Å². The van der Waals surface area contributed by atoms with Crippen molar-refractivity contribution in [3.05, 3.63) is 40.9 Å². The highest BCUT2D eigenvalue weighted by atomic mass is 16.1. The van der Waals surface area contributed by atoms with E-state index in [0.29, 0.717) is 22.2 Å². The van der Waals surface area contributed by atoms with Crippen LogP contribution in [-0.4, -0.2) is 24.9 Å². The third-order valence-corrected chi connectivity index (χ3v) is 2.89. The van der Waals surface area contributed by atoms with Crippen molar-refractivity contribution in [3.63, 3.8) is 0 Å². The second-order valence-electron chi connectivity index (χ2n) is 3.99. The second kappa shape index (κ2) is 3.13. The van der Waals surface area contributed by atoms with Crippen molar-refractivity contribution in [3.8, 4) is 0 Å². The van der Waals surface area contributed by atoms with Gasteiger partial charge in [0.15, 0.2) is 5.65 Å². The molecular weight excluding hydrogens is 230 g/mol. The van der Waals surface area contributed by atoms with Crippen LogP contribution in [-0.2, 0) is 0 Å². The van der Waals surface area contributed by atoms with Gasteiger partial charge in [0.25, 0.3) is 5.56 Å². The molecule has 86 valence electrons. The fraction of sp³-hybridized carbons (Fsp3) is 0. The summed E-state index contributed by atoms with van der Waals surface area (Å²) in [6.45, 7) is 0. The Balaban J connectivity index is 2.31. The number of para-hydroxylation sites is 2. The van der Waals surface area contributed by atoms with Crippen LogP contribution in [0.3, 0.4) is 0 Å². The molecule has 3 heterocycles. The van der Waals surface area contributed by atoms with Crippen LogP contribution < -0.4 is 5.56 Å². The van der Waals surface area contributed by atoms with Gasteiger partial charge in [-0.15, -0.1) is 0 Å². The average molecular weight is 237 g/mol. The number of rotatable bonds is 0. The molecule has 0 spiro atoms. The van der Waals surface area contributed by atoms with E-state index in [9.17, 15) is 4.79 Å². The van der Waals surface area contributed by atoms with Gasteiger partial charge >= 0.3 is 0 Å². The molecule has 0 fully saturated rings. The van der Waals surface area contributed by atoms with Crippen LogP contribution in [0.2, 0.25) is 0 Å². The summed E-state index contributed by atoms with van der Waals surface area (Å²) in [4.78, 5) is 30.2. The normalized spacial score (nSPS) is 11.6. The fourth-order valence-corrected chi connectivity index (χ4v) is 2.07. The predicted octanol–water partition coefficient (Wildman–Crippen LogP) is 1.35. The lowest BCUT2D eigenvalue weighted by atomic mass is 10.3. The lowest BCUT2D eigenvalue weighted by Gasteiger charge is -1.95. The van der Waals surface area contributed by atoms with E-state index in [2.05, 4.69) is 24.9 Å². The number of hydrogen-bond acceptors (Lipinski definition) is 4. The summed E-state index contributed by atoms with van der Waals surface area (Å²) in [6, 6.07) is 7.56. The number of H-pyrrole nitrogens is 2. The summed E-state index contributed by atoms with van der Waals surface area (Å²) >= 11 is 0. The van der Waals surface area contributed by atoms with Gasteiger partial charge in [0.1, 0.15) is 16.6 Å². The Morgan fingerprint density at radius 1 is 1.00 bits per heavy atom. The molecule has 0 aliphatic heterocycles. The first-order valence-electron chi connectivity index (χ1n) is 5.45. The Morgan fingerprint density at radius 2 is 1.78 bits per heavy atom. The van der Waals surface area contributed by atoms with E-state index >= 15 is 0 Å². The molecule has 0 aliphatic carbocycles. The van der Waals surface area contributed by atoms with E-state index in [1.807, 2.05) is 24.3 Å². The lowest BCUT2D eigenvalue weighted by Crippen LogP contribution is -2.05. The van der Waals surface area contributed by atoms with Gasteiger partial charge in [0.05, 0.1) is 17.4 Å². The average Bonchev–Trinajstić information content (AvgIpc) is 2.76. The molecule has 18 heavy (non-hydrogen) atoms. The first-order valence-corrected chi connectivity index (χ1v) is 5.45. The smallest absolute Gasteiger partial charge is 0.275 e. The van der Waals surface area contributed by atoms with Crippen LogP contribution >= 0.6 is 0 Å². The molecule has 4 rings (SSSR count). The molecule has 0 bridgehead atoms. The third kappa shape index (κ3) is 1.11. The molecule has 0 amide bonds. The molecule has 0 radical (unpaired) electrons. The molecule has 6 heteroatoms. The van der Waals surface area contributed by atoms with Gasteiger partial charge in [-0.05, 0) is 12.1 Å². The monoisotopic (exact) mass is 237 g/mol. The SMILES string of the molecule is O=c1[nH]cnc2c1[nH]c1nc3ccccc3nc12. The lowest BCUT2D eigenvalue weighted by molar-refractivity contribution is 1.16. The van der Waals surface area contributed by atoms with Crippen LogP contribution in [0.15, 0.2) is 35.4 Å². The highest BCUT2D eigenvalue weighted by molar-refractivity contribution is 6.02. The summed E-state index contributed by atoms with van der Waals surface area (Å²) in [5.74, 6) is 0. The minimum absolute atomic E-state index is 0.219. The summed E-state index contributed by atoms with van der Waals surface area (Å²) in [5, 5.41) is 0. The Kier molecular flexibility index (Phi) is 1.62. The molecule has 2 N–H and O–H groups in total. The molecule has 3 aromatic heterocycles. The summed E-state index contributed by atoms with van der Waals surface area (Å²) in [7, 11) is 0. The second-order valence-corrected chi connectivity index (χ2v) is 3.99. The van der Waals surface area contributed by atoms with Gasteiger partial charge in [-0.3, -0.25) is 4.79 Å². The van der Waals surface area contributed by atoms with Crippen LogP contribution in [0, 0.1) is 0 Å². The highest BCUT2D eigenvalue weighted by Gasteiger charge is 2.11. The molecular formula is C12H7N5O. The van der Waals surface area contributed by atoms with Crippen LogP contribution in [0.4, 0.5) is 0 Å². The predicted molar refractivity (Wildman–Crippen MR) is 67.3 cm³/mol. The topological polar surface area (TPSA) is 87.3 Å².